The lowest BCUT2D eigenvalue weighted by Gasteiger charge is -2.08. The van der Waals surface area contributed by atoms with Gasteiger partial charge in [0.05, 0.1) is 0 Å². The molecule has 0 saturated carbocycles. The zero-order valence-electron chi connectivity index (χ0n) is 11.3. The monoisotopic (exact) mass is 255 g/mol. The number of nitrogens with one attached hydrogen (secondary N) is 1. The molecule has 1 amide bonds. The Morgan fingerprint density at radius 3 is 2.74 bits per heavy atom. The molecular formula is C15H17N3O. The maximum Gasteiger partial charge on any atom is 0.273 e. The van der Waals surface area contributed by atoms with E-state index < -0.39 is 0 Å². The number of carbonyl (C=O) groups excluding carboxylic acids is 1. The summed E-state index contributed by atoms with van der Waals surface area (Å²) in [7, 11) is 1.54. The Morgan fingerprint density at radius 1 is 1.47 bits per heavy atom. The van der Waals surface area contributed by atoms with Crippen molar-refractivity contribution < 1.29 is 4.79 Å². The van der Waals surface area contributed by atoms with Crippen molar-refractivity contribution in [3.05, 3.63) is 41.6 Å². The molecule has 1 aromatic carbocycles. The highest BCUT2D eigenvalue weighted by molar-refractivity contribution is 6.47. The van der Waals surface area contributed by atoms with Crippen molar-refractivity contribution in [3.63, 3.8) is 0 Å². The van der Waals surface area contributed by atoms with Crippen molar-refractivity contribution >= 4 is 17.3 Å². The summed E-state index contributed by atoms with van der Waals surface area (Å²) in [5.41, 5.74) is 8.14. The van der Waals surface area contributed by atoms with Crippen LogP contribution in [0.3, 0.4) is 0 Å². The molecule has 1 rings (SSSR count). The molecule has 19 heavy (non-hydrogen) atoms. The molecule has 0 bridgehead atoms. The van der Waals surface area contributed by atoms with E-state index in [2.05, 4.69) is 22.2 Å². The van der Waals surface area contributed by atoms with Crippen LogP contribution in [-0.2, 0) is 4.79 Å². The van der Waals surface area contributed by atoms with E-state index in [4.69, 9.17) is 5.73 Å². The predicted octanol–water partition coefficient (Wildman–Crippen LogP) is 1.85. The van der Waals surface area contributed by atoms with E-state index in [0.717, 1.165) is 16.8 Å². The van der Waals surface area contributed by atoms with Crippen LogP contribution in [0.5, 0.6) is 0 Å². The Kier molecular flexibility index (Phi) is 5.36. The quantitative estimate of drug-likeness (QED) is 0.639. The average molecular weight is 255 g/mol. The van der Waals surface area contributed by atoms with Crippen LogP contribution in [0.4, 0.5) is 5.69 Å². The summed E-state index contributed by atoms with van der Waals surface area (Å²) in [6, 6.07) is 5.61. The summed E-state index contributed by atoms with van der Waals surface area (Å²) >= 11 is 0. The summed E-state index contributed by atoms with van der Waals surface area (Å²) in [6.07, 6.45) is 2.75. The Bertz CT molecular complexity index is 589. The van der Waals surface area contributed by atoms with Gasteiger partial charge in [0.25, 0.3) is 5.91 Å². The van der Waals surface area contributed by atoms with Gasteiger partial charge in [-0.15, -0.1) is 5.92 Å². The molecule has 1 aromatic rings. The summed E-state index contributed by atoms with van der Waals surface area (Å²) < 4.78 is 0. The zero-order chi connectivity index (χ0) is 14.3. The highest BCUT2D eigenvalue weighted by atomic mass is 16.1. The number of nitrogens with zero attached hydrogens (tertiary/aromatic N) is 1. The van der Waals surface area contributed by atoms with E-state index in [1.807, 2.05) is 25.1 Å². The number of aryl methyl sites for hydroxylation is 1. The molecule has 0 radical (unpaired) electrons. The highest BCUT2D eigenvalue weighted by Gasteiger charge is 2.09. The van der Waals surface area contributed by atoms with Gasteiger partial charge in [0, 0.05) is 18.3 Å². The summed E-state index contributed by atoms with van der Waals surface area (Å²) in [4.78, 5) is 15.8. The molecule has 0 aliphatic heterocycles. The second kappa shape index (κ2) is 7.02. The van der Waals surface area contributed by atoms with Crippen molar-refractivity contribution in [2.24, 2.45) is 10.7 Å². The number of rotatable bonds is 3. The zero-order valence-corrected chi connectivity index (χ0v) is 11.3. The lowest BCUT2D eigenvalue weighted by atomic mass is 10.1. The number of hydrogen-bond acceptors (Lipinski definition) is 3. The van der Waals surface area contributed by atoms with Crippen LogP contribution >= 0.6 is 0 Å². The molecule has 0 heterocycles. The molecule has 0 aliphatic carbocycles. The maximum absolute atomic E-state index is 11.9. The maximum atomic E-state index is 11.9. The minimum atomic E-state index is -0.290. The lowest BCUT2D eigenvalue weighted by Crippen LogP contribution is -2.22. The van der Waals surface area contributed by atoms with E-state index in [9.17, 15) is 4.79 Å². The Labute approximate surface area is 113 Å². The molecule has 98 valence electrons. The third kappa shape index (κ3) is 4.00. The van der Waals surface area contributed by atoms with Crippen LogP contribution < -0.4 is 11.1 Å². The molecule has 0 spiro atoms. The fraction of sp³-hybridized carbons (Fsp3) is 0.200. The number of aliphatic imine (C=N–C) groups is 1. The van der Waals surface area contributed by atoms with Gasteiger partial charge in [-0.2, -0.15) is 0 Å². The van der Waals surface area contributed by atoms with Crippen molar-refractivity contribution in [1.29, 1.82) is 0 Å². The number of hydrogen-bond donors (Lipinski definition) is 2. The Balaban J connectivity index is 2.93. The van der Waals surface area contributed by atoms with Crippen molar-refractivity contribution in [2.45, 2.75) is 13.8 Å². The van der Waals surface area contributed by atoms with Gasteiger partial charge in [0.2, 0.25) is 0 Å². The van der Waals surface area contributed by atoms with Gasteiger partial charge in [-0.1, -0.05) is 5.92 Å². The Hall–Kier alpha value is -2.54. The number of anilines is 1. The molecule has 0 unspecified atom stereocenters. The van der Waals surface area contributed by atoms with Crippen LogP contribution in [0.1, 0.15) is 18.1 Å². The minimum Gasteiger partial charge on any atom is -0.405 e. The van der Waals surface area contributed by atoms with E-state index >= 15 is 0 Å². The molecule has 4 nitrogen and oxygen atoms in total. The van der Waals surface area contributed by atoms with E-state index in [0.29, 0.717) is 0 Å². The molecule has 0 atom stereocenters. The number of amides is 1. The summed E-state index contributed by atoms with van der Waals surface area (Å²) in [5, 5.41) is 2.79. The standard InChI is InChI=1S/C15H17N3O/c1-4-5-12-6-7-13(11(2)10-12)18-15(19)14(17-3)8-9-16/h6-10H,16H2,1-3H3,(H,18,19)/b9-8-,17-14?. The number of benzene rings is 1. The van der Waals surface area contributed by atoms with Crippen LogP contribution in [0.15, 0.2) is 35.5 Å². The molecule has 0 aliphatic rings. The largest absolute Gasteiger partial charge is 0.405 e. The van der Waals surface area contributed by atoms with Gasteiger partial charge in [-0.3, -0.25) is 9.79 Å². The normalized spacial score (nSPS) is 11.0. The third-order valence-corrected chi connectivity index (χ3v) is 2.47. The third-order valence-electron chi connectivity index (χ3n) is 2.47. The fourth-order valence-corrected chi connectivity index (χ4v) is 1.56. The molecule has 0 aromatic heterocycles. The van der Waals surface area contributed by atoms with Crippen LogP contribution in [0.2, 0.25) is 0 Å². The van der Waals surface area contributed by atoms with Gasteiger partial charge < -0.3 is 11.1 Å². The lowest BCUT2D eigenvalue weighted by molar-refractivity contribution is -0.110. The van der Waals surface area contributed by atoms with E-state index in [1.165, 1.54) is 12.3 Å². The van der Waals surface area contributed by atoms with Gasteiger partial charge in [0.15, 0.2) is 0 Å². The minimum absolute atomic E-state index is 0.277. The molecule has 0 fully saturated rings. The van der Waals surface area contributed by atoms with Gasteiger partial charge in [-0.25, -0.2) is 0 Å². The van der Waals surface area contributed by atoms with Crippen LogP contribution in [0, 0.1) is 18.8 Å². The fourth-order valence-electron chi connectivity index (χ4n) is 1.56. The van der Waals surface area contributed by atoms with E-state index in [-0.39, 0.29) is 11.6 Å². The first kappa shape index (κ1) is 14.5. The van der Waals surface area contributed by atoms with Crippen molar-refractivity contribution in [2.75, 3.05) is 12.4 Å². The van der Waals surface area contributed by atoms with Gasteiger partial charge in [0.1, 0.15) is 5.71 Å². The van der Waals surface area contributed by atoms with Crippen LogP contribution in [-0.4, -0.2) is 18.7 Å². The summed E-state index contributed by atoms with van der Waals surface area (Å²) in [6.45, 7) is 3.70. The number of nitrogens with two attached hydrogens (primary N) is 1. The van der Waals surface area contributed by atoms with Gasteiger partial charge >= 0.3 is 0 Å². The van der Waals surface area contributed by atoms with Crippen molar-refractivity contribution in [3.8, 4) is 11.8 Å². The molecule has 4 heteroatoms. The second-order valence-electron chi connectivity index (χ2n) is 3.83. The van der Waals surface area contributed by atoms with Crippen molar-refractivity contribution in [1.82, 2.24) is 0 Å². The Morgan fingerprint density at radius 2 is 2.21 bits per heavy atom. The topological polar surface area (TPSA) is 67.5 Å². The second-order valence-corrected chi connectivity index (χ2v) is 3.83. The molecule has 0 saturated heterocycles. The predicted molar refractivity (Wildman–Crippen MR) is 79.0 cm³/mol. The van der Waals surface area contributed by atoms with Crippen LogP contribution in [0.25, 0.3) is 0 Å². The number of carbonyl (C=O) groups is 1. The highest BCUT2D eigenvalue weighted by Crippen LogP contribution is 2.16. The average Bonchev–Trinajstić information content (AvgIpc) is 2.39. The SMILES string of the molecule is CC#Cc1ccc(NC(=O)C(/C=C\N)=NC)c(C)c1. The molecular weight excluding hydrogens is 238 g/mol. The molecule has 3 N–H and O–H groups in total. The smallest absolute Gasteiger partial charge is 0.273 e. The first-order chi connectivity index (χ1) is 9.12. The summed E-state index contributed by atoms with van der Waals surface area (Å²) in [5.74, 6) is 5.51. The first-order valence-electron chi connectivity index (χ1n) is 5.82. The van der Waals surface area contributed by atoms with E-state index in [1.54, 1.807) is 14.0 Å². The van der Waals surface area contributed by atoms with Gasteiger partial charge in [-0.05, 0) is 49.9 Å². The first-order valence-corrected chi connectivity index (χ1v) is 5.82.